The number of hydrogen-bond acceptors (Lipinski definition) is 9. The van der Waals surface area contributed by atoms with Crippen LogP contribution in [0.3, 0.4) is 0 Å². The lowest BCUT2D eigenvalue weighted by Crippen LogP contribution is -2.58. The van der Waals surface area contributed by atoms with Crippen LogP contribution in [0.4, 0.5) is 0 Å². The van der Waals surface area contributed by atoms with E-state index in [1.54, 1.807) is 50.2 Å². The first-order valence-electron chi connectivity index (χ1n) is 18.0. The molecule has 5 N–H and O–H groups in total. The molecule has 0 spiro atoms. The lowest BCUT2D eigenvalue weighted by atomic mass is 10.0. The van der Waals surface area contributed by atoms with Crippen molar-refractivity contribution in [3.05, 3.63) is 72.1 Å². The summed E-state index contributed by atoms with van der Waals surface area (Å²) in [6, 6.07) is 9.70. The van der Waals surface area contributed by atoms with Crippen LogP contribution in [0.25, 0.3) is 5.69 Å². The number of para-hydroxylation sites is 2. The molecule has 2 bridgehead atoms. The van der Waals surface area contributed by atoms with Crippen molar-refractivity contribution in [2.24, 2.45) is 5.92 Å². The number of hydrogen-bond donors (Lipinski definition) is 5. The minimum Gasteiger partial charge on any atom is -0.494 e. The van der Waals surface area contributed by atoms with Gasteiger partial charge in [0.2, 0.25) is 23.6 Å². The SMILES string of the molecule is CC[C@@H]1NC(=O)[C@@H](NC(=O)c2cnn(-c3ccccc3OC)c2)Cc2ccc(cc2)OC[C@H](CC(C)C)NC(=O)[C@@H](C)NC(=O)[C@@H]2C[C@@H](O)CN2C1=O. The summed E-state index contributed by atoms with van der Waals surface area (Å²) in [4.78, 5) is 69.4. The van der Waals surface area contributed by atoms with E-state index in [1.165, 1.54) is 29.1 Å². The maximum Gasteiger partial charge on any atom is 0.255 e. The summed E-state index contributed by atoms with van der Waals surface area (Å²) in [5.41, 5.74) is 1.52. The average molecular weight is 732 g/mol. The van der Waals surface area contributed by atoms with Gasteiger partial charge in [-0.25, -0.2) is 4.68 Å². The fourth-order valence-electron chi connectivity index (χ4n) is 6.55. The largest absolute Gasteiger partial charge is 0.494 e. The summed E-state index contributed by atoms with van der Waals surface area (Å²) < 4.78 is 13.0. The molecule has 2 aromatic carbocycles. The van der Waals surface area contributed by atoms with Gasteiger partial charge < -0.3 is 40.7 Å². The van der Waals surface area contributed by atoms with Crippen LogP contribution in [0.5, 0.6) is 11.5 Å². The first kappa shape index (κ1) is 38.8. The number of benzene rings is 2. The number of aliphatic hydroxyl groups is 1. The van der Waals surface area contributed by atoms with Crippen LogP contribution in [0.15, 0.2) is 60.9 Å². The molecule has 1 aromatic heterocycles. The van der Waals surface area contributed by atoms with Gasteiger partial charge in [-0.2, -0.15) is 5.10 Å². The predicted octanol–water partition coefficient (Wildman–Crippen LogP) is 1.51. The number of aliphatic hydroxyl groups excluding tert-OH is 1. The molecule has 3 aliphatic heterocycles. The molecule has 4 heterocycles. The summed E-state index contributed by atoms with van der Waals surface area (Å²) in [5, 5.41) is 26.1. The van der Waals surface area contributed by atoms with E-state index in [0.717, 1.165) is 0 Å². The van der Waals surface area contributed by atoms with Crippen LogP contribution < -0.4 is 30.7 Å². The molecule has 6 atom stereocenters. The summed E-state index contributed by atoms with van der Waals surface area (Å²) in [6.07, 6.45) is 2.76. The van der Waals surface area contributed by atoms with E-state index in [1.807, 2.05) is 26.0 Å². The highest BCUT2D eigenvalue weighted by Crippen LogP contribution is 2.23. The summed E-state index contributed by atoms with van der Waals surface area (Å²) in [5.74, 6) is -1.42. The van der Waals surface area contributed by atoms with E-state index < -0.39 is 59.8 Å². The second-order valence-corrected chi connectivity index (χ2v) is 14.0. The number of carbonyl (C=O) groups excluding carboxylic acids is 5. The number of ether oxygens (including phenoxy) is 2. The highest BCUT2D eigenvalue weighted by atomic mass is 16.5. The molecule has 1 saturated heterocycles. The molecule has 5 amide bonds. The van der Waals surface area contributed by atoms with Crippen LogP contribution in [0, 0.1) is 5.92 Å². The van der Waals surface area contributed by atoms with Gasteiger partial charge in [0.15, 0.2) is 0 Å². The van der Waals surface area contributed by atoms with Crippen molar-refractivity contribution in [2.75, 3.05) is 20.3 Å². The molecule has 0 unspecified atom stereocenters. The van der Waals surface area contributed by atoms with Crippen LogP contribution in [0.1, 0.15) is 62.9 Å². The Morgan fingerprint density at radius 2 is 1.77 bits per heavy atom. The molecule has 6 rings (SSSR count). The minimum atomic E-state index is -1.12. The first-order chi connectivity index (χ1) is 25.4. The Hall–Kier alpha value is -5.44. The predicted molar refractivity (Wildman–Crippen MR) is 194 cm³/mol. The Morgan fingerprint density at radius 3 is 2.47 bits per heavy atom. The molecular weight excluding hydrogens is 682 g/mol. The first-order valence-corrected chi connectivity index (χ1v) is 18.0. The zero-order valence-electron chi connectivity index (χ0n) is 30.7. The van der Waals surface area contributed by atoms with Crippen molar-refractivity contribution in [3.8, 4) is 17.2 Å². The molecule has 15 heteroatoms. The number of amides is 5. The zero-order valence-corrected chi connectivity index (χ0v) is 30.7. The Kier molecular flexibility index (Phi) is 12.7. The van der Waals surface area contributed by atoms with Crippen molar-refractivity contribution in [2.45, 2.75) is 89.7 Å². The Bertz CT molecular complexity index is 1780. The molecular formula is C38H49N7O8. The van der Waals surface area contributed by atoms with Crippen molar-refractivity contribution in [1.29, 1.82) is 0 Å². The molecule has 53 heavy (non-hydrogen) atoms. The van der Waals surface area contributed by atoms with Crippen molar-refractivity contribution < 1.29 is 38.6 Å². The topological polar surface area (TPSA) is 193 Å². The number of fused-ring (bicyclic) bond motifs is 14. The molecule has 1 fully saturated rings. The van der Waals surface area contributed by atoms with Gasteiger partial charge in [0.05, 0.1) is 31.0 Å². The number of rotatable bonds is 7. The summed E-state index contributed by atoms with van der Waals surface area (Å²) in [6.45, 7) is 7.36. The van der Waals surface area contributed by atoms with Gasteiger partial charge in [-0.1, -0.05) is 45.0 Å². The van der Waals surface area contributed by atoms with Gasteiger partial charge >= 0.3 is 0 Å². The molecule has 3 aliphatic rings. The second-order valence-electron chi connectivity index (χ2n) is 14.0. The van der Waals surface area contributed by atoms with Gasteiger partial charge in [0.1, 0.15) is 48.0 Å². The fraction of sp³-hybridized carbons (Fsp3) is 0.474. The smallest absolute Gasteiger partial charge is 0.255 e. The lowest BCUT2D eigenvalue weighted by molar-refractivity contribution is -0.142. The number of nitrogens with one attached hydrogen (secondary N) is 4. The van der Waals surface area contributed by atoms with Gasteiger partial charge in [-0.3, -0.25) is 24.0 Å². The van der Waals surface area contributed by atoms with E-state index in [2.05, 4.69) is 26.4 Å². The van der Waals surface area contributed by atoms with Gasteiger partial charge in [0, 0.05) is 25.6 Å². The lowest BCUT2D eigenvalue weighted by Gasteiger charge is -2.30. The standard InChI is InChI=1S/C38H49N7O8/c1-6-29-38(51)44-20-27(46)17-32(44)37(50)40-23(4)34(47)41-26(15-22(2)3)21-53-28-13-11-24(12-14-28)16-30(36(49)42-29)43-35(48)25-18-39-45(19-25)31-9-7-8-10-33(31)52-5/h7-14,18-19,22-23,26-27,29-30,32,46H,6,15-17,20-21H2,1-5H3,(H,40,50)(H,41,47)(H,42,49)(H,43,48)/t23-,26+,27-,29+,30+,32+/m1/s1. The van der Waals surface area contributed by atoms with Crippen molar-refractivity contribution in [1.82, 2.24) is 35.9 Å². The maximum atomic E-state index is 14.0. The minimum absolute atomic E-state index is 0.0308. The molecule has 15 nitrogen and oxygen atoms in total. The van der Waals surface area contributed by atoms with Gasteiger partial charge in [-0.15, -0.1) is 0 Å². The third-order valence-electron chi connectivity index (χ3n) is 9.35. The average Bonchev–Trinajstić information content (AvgIpc) is 3.79. The van der Waals surface area contributed by atoms with Gasteiger partial charge in [-0.05, 0) is 55.5 Å². The van der Waals surface area contributed by atoms with Gasteiger partial charge in [0.25, 0.3) is 5.91 Å². The van der Waals surface area contributed by atoms with Crippen LogP contribution in [-0.4, -0.2) is 106 Å². The third kappa shape index (κ3) is 9.71. The number of methoxy groups -OCH3 is 1. The van der Waals surface area contributed by atoms with E-state index in [4.69, 9.17) is 9.47 Å². The molecule has 3 aromatic rings. The highest BCUT2D eigenvalue weighted by molar-refractivity contribution is 5.99. The van der Waals surface area contributed by atoms with Crippen molar-refractivity contribution >= 4 is 29.5 Å². The second kappa shape index (κ2) is 17.4. The zero-order chi connectivity index (χ0) is 38.2. The monoisotopic (exact) mass is 731 g/mol. The molecule has 0 radical (unpaired) electrons. The normalized spacial score (nSPS) is 24.5. The van der Waals surface area contributed by atoms with E-state index in [-0.39, 0.29) is 49.9 Å². The molecule has 0 saturated carbocycles. The Labute approximate surface area is 308 Å². The van der Waals surface area contributed by atoms with Crippen LogP contribution in [0.2, 0.25) is 0 Å². The third-order valence-corrected chi connectivity index (χ3v) is 9.35. The Morgan fingerprint density at radius 1 is 1.04 bits per heavy atom. The fourth-order valence-corrected chi connectivity index (χ4v) is 6.55. The van der Waals surface area contributed by atoms with E-state index in [9.17, 15) is 29.1 Å². The Balaban J connectivity index is 1.44. The number of nitrogens with zero attached hydrogens (tertiary/aromatic N) is 3. The molecule has 0 aliphatic carbocycles. The summed E-state index contributed by atoms with van der Waals surface area (Å²) >= 11 is 0. The summed E-state index contributed by atoms with van der Waals surface area (Å²) in [7, 11) is 1.54. The number of carbonyl (C=O) groups is 5. The quantitative estimate of drug-likeness (QED) is 0.224. The van der Waals surface area contributed by atoms with E-state index >= 15 is 0 Å². The van der Waals surface area contributed by atoms with Crippen molar-refractivity contribution in [3.63, 3.8) is 0 Å². The van der Waals surface area contributed by atoms with Crippen LogP contribution in [-0.2, 0) is 25.6 Å². The highest BCUT2D eigenvalue weighted by Gasteiger charge is 2.42. The molecule has 284 valence electrons. The maximum absolute atomic E-state index is 14.0. The van der Waals surface area contributed by atoms with Crippen LogP contribution >= 0.6 is 0 Å². The number of aromatic nitrogens is 2. The van der Waals surface area contributed by atoms with E-state index in [0.29, 0.717) is 29.2 Å².